The molecular weight excluding hydrogens is 361 g/mol. The number of halogens is 3. The molecule has 8 heteroatoms. The van der Waals surface area contributed by atoms with E-state index in [0.29, 0.717) is 22.9 Å². The first-order valence-corrected chi connectivity index (χ1v) is 7.94. The predicted octanol–water partition coefficient (Wildman–Crippen LogP) is 4.35. The molecule has 3 aromatic rings. The Hall–Kier alpha value is -3.13. The van der Waals surface area contributed by atoms with Crippen LogP contribution < -0.4 is 4.90 Å². The fourth-order valence-electron chi connectivity index (χ4n) is 2.55. The zero-order valence-corrected chi connectivity index (χ0v) is 14.2. The first-order chi connectivity index (χ1) is 12.8. The summed E-state index contributed by atoms with van der Waals surface area (Å²) in [4.78, 5) is 17.8. The predicted molar refractivity (Wildman–Crippen MR) is 93.1 cm³/mol. The second-order valence-corrected chi connectivity index (χ2v) is 5.77. The molecule has 2 aromatic carbocycles. The summed E-state index contributed by atoms with van der Waals surface area (Å²) in [5.41, 5.74) is 1.78. The maximum atomic E-state index is 12.9. The van der Waals surface area contributed by atoms with Gasteiger partial charge >= 0.3 is 6.18 Å². The van der Waals surface area contributed by atoms with Crippen molar-refractivity contribution in [3.8, 4) is 0 Å². The number of allylic oxidation sites excluding steroid dienone is 1. The van der Waals surface area contributed by atoms with E-state index in [2.05, 4.69) is 4.98 Å². The van der Waals surface area contributed by atoms with Gasteiger partial charge in [-0.3, -0.25) is 9.69 Å². The van der Waals surface area contributed by atoms with E-state index in [0.717, 1.165) is 4.90 Å². The topological polar surface area (TPSA) is 66.6 Å². The Labute approximate surface area is 152 Å². The van der Waals surface area contributed by atoms with Gasteiger partial charge < -0.3 is 9.52 Å². The smallest absolute Gasteiger partial charge is 0.411 e. The number of aryl methyl sites for hydroxylation is 1. The SMILES string of the molecule is Cc1ccccc1C(=O)N(C=CC(F)(F)F)c1ccc2oc(CO)nc2c1. The van der Waals surface area contributed by atoms with E-state index in [1.165, 1.54) is 18.2 Å². The molecule has 0 bridgehead atoms. The summed E-state index contributed by atoms with van der Waals surface area (Å²) in [6, 6.07) is 11.0. The molecule has 140 valence electrons. The molecule has 5 nitrogen and oxygen atoms in total. The van der Waals surface area contributed by atoms with Gasteiger partial charge in [0.15, 0.2) is 5.58 Å². The van der Waals surface area contributed by atoms with Crippen LogP contribution in [0.25, 0.3) is 11.1 Å². The second kappa shape index (κ2) is 7.24. The Kier molecular flexibility index (Phi) is 5.00. The summed E-state index contributed by atoms with van der Waals surface area (Å²) in [7, 11) is 0. The average molecular weight is 376 g/mol. The Morgan fingerprint density at radius 2 is 2.00 bits per heavy atom. The molecule has 0 spiro atoms. The van der Waals surface area contributed by atoms with Gasteiger partial charge in [0, 0.05) is 17.8 Å². The highest BCUT2D eigenvalue weighted by atomic mass is 19.4. The van der Waals surface area contributed by atoms with Crippen molar-refractivity contribution in [2.45, 2.75) is 19.7 Å². The number of oxazole rings is 1. The van der Waals surface area contributed by atoms with Gasteiger partial charge in [0.1, 0.15) is 12.1 Å². The number of alkyl halides is 3. The summed E-state index contributed by atoms with van der Waals surface area (Å²) in [6.45, 7) is 1.29. The molecule has 0 unspecified atom stereocenters. The fraction of sp³-hybridized carbons (Fsp3) is 0.158. The lowest BCUT2D eigenvalue weighted by Gasteiger charge is -2.20. The maximum Gasteiger partial charge on any atom is 0.411 e. The van der Waals surface area contributed by atoms with E-state index < -0.39 is 18.7 Å². The first kappa shape index (κ1) is 18.7. The van der Waals surface area contributed by atoms with Gasteiger partial charge in [0.25, 0.3) is 5.91 Å². The van der Waals surface area contributed by atoms with Crippen molar-refractivity contribution in [3.63, 3.8) is 0 Å². The van der Waals surface area contributed by atoms with Crippen molar-refractivity contribution in [2.75, 3.05) is 4.90 Å². The zero-order chi connectivity index (χ0) is 19.6. The van der Waals surface area contributed by atoms with Crippen LogP contribution in [0.5, 0.6) is 0 Å². The Bertz CT molecular complexity index is 1010. The number of fused-ring (bicyclic) bond motifs is 1. The molecule has 0 atom stereocenters. The van der Waals surface area contributed by atoms with Gasteiger partial charge in [0.2, 0.25) is 5.89 Å². The molecule has 1 amide bonds. The van der Waals surface area contributed by atoms with E-state index in [9.17, 15) is 18.0 Å². The first-order valence-electron chi connectivity index (χ1n) is 7.94. The van der Waals surface area contributed by atoms with Crippen LogP contribution in [0.3, 0.4) is 0 Å². The second-order valence-electron chi connectivity index (χ2n) is 5.77. The standard InChI is InChI=1S/C19H15F3N2O3/c1-12-4-2-3-5-14(12)18(26)24(9-8-19(20,21)22)13-6-7-16-15(10-13)23-17(11-25)27-16/h2-10,25H,11H2,1H3. The average Bonchev–Trinajstić information content (AvgIpc) is 3.03. The van der Waals surface area contributed by atoms with Gasteiger partial charge in [-0.05, 0) is 36.8 Å². The molecule has 1 N–H and O–H groups in total. The number of amides is 1. The molecule has 0 saturated heterocycles. The number of aliphatic hydroxyl groups is 1. The van der Waals surface area contributed by atoms with Crippen molar-refractivity contribution >= 4 is 22.7 Å². The highest BCUT2D eigenvalue weighted by Crippen LogP contribution is 2.26. The van der Waals surface area contributed by atoms with Gasteiger partial charge in [-0.15, -0.1) is 0 Å². The molecule has 0 aliphatic rings. The van der Waals surface area contributed by atoms with Crippen LogP contribution >= 0.6 is 0 Å². The van der Waals surface area contributed by atoms with Crippen molar-refractivity contribution in [2.24, 2.45) is 0 Å². The van der Waals surface area contributed by atoms with Crippen LogP contribution in [0.15, 0.2) is 59.2 Å². The molecule has 3 rings (SSSR count). The third-order valence-corrected chi connectivity index (χ3v) is 3.84. The fourth-order valence-corrected chi connectivity index (χ4v) is 2.55. The summed E-state index contributed by atoms with van der Waals surface area (Å²) in [6.07, 6.45) is -3.90. The van der Waals surface area contributed by atoms with Crippen LogP contribution in [0.1, 0.15) is 21.8 Å². The molecule has 1 heterocycles. The highest BCUT2D eigenvalue weighted by Gasteiger charge is 2.25. The summed E-state index contributed by atoms with van der Waals surface area (Å²) in [5.74, 6) is -0.538. The molecule has 0 aliphatic heterocycles. The minimum Gasteiger partial charge on any atom is -0.438 e. The van der Waals surface area contributed by atoms with Crippen LogP contribution in [-0.2, 0) is 6.61 Å². The van der Waals surface area contributed by atoms with Gasteiger partial charge in [0.05, 0.1) is 5.69 Å². The van der Waals surface area contributed by atoms with Crippen molar-refractivity contribution in [1.29, 1.82) is 0 Å². The summed E-state index contributed by atoms with van der Waals surface area (Å²) in [5, 5.41) is 9.10. The number of rotatable bonds is 4. The van der Waals surface area contributed by atoms with Crippen LogP contribution in [0.4, 0.5) is 18.9 Å². The lowest BCUT2D eigenvalue weighted by Crippen LogP contribution is -2.26. The number of nitrogens with zero attached hydrogens (tertiary/aromatic N) is 2. The number of carbonyl (C=O) groups is 1. The van der Waals surface area contributed by atoms with Gasteiger partial charge in [-0.25, -0.2) is 4.98 Å². The number of anilines is 1. The summed E-state index contributed by atoms with van der Waals surface area (Å²) >= 11 is 0. The third kappa shape index (κ3) is 4.17. The number of carbonyl (C=O) groups excluding carboxylic acids is 1. The van der Waals surface area contributed by atoms with E-state index in [4.69, 9.17) is 9.52 Å². The number of hydrogen-bond donors (Lipinski definition) is 1. The molecule has 0 aliphatic carbocycles. The molecular formula is C19H15F3N2O3. The number of hydrogen-bond acceptors (Lipinski definition) is 4. The normalized spacial score (nSPS) is 12.0. The van der Waals surface area contributed by atoms with Crippen molar-refractivity contribution in [1.82, 2.24) is 4.98 Å². The van der Waals surface area contributed by atoms with Gasteiger partial charge in [-0.1, -0.05) is 18.2 Å². The maximum absolute atomic E-state index is 12.9. The Morgan fingerprint density at radius 1 is 1.26 bits per heavy atom. The van der Waals surface area contributed by atoms with E-state index in [-0.39, 0.29) is 23.2 Å². The highest BCUT2D eigenvalue weighted by molar-refractivity contribution is 6.08. The van der Waals surface area contributed by atoms with Crippen LogP contribution in [0, 0.1) is 6.92 Å². The number of benzene rings is 2. The van der Waals surface area contributed by atoms with E-state index in [1.807, 2.05) is 0 Å². The minimum absolute atomic E-state index is 0.00464. The molecule has 0 fully saturated rings. The zero-order valence-electron chi connectivity index (χ0n) is 14.2. The molecule has 1 aromatic heterocycles. The third-order valence-electron chi connectivity index (χ3n) is 3.84. The molecule has 0 saturated carbocycles. The van der Waals surface area contributed by atoms with Gasteiger partial charge in [-0.2, -0.15) is 13.2 Å². The number of aliphatic hydroxyl groups excluding tert-OH is 1. The van der Waals surface area contributed by atoms with Crippen LogP contribution in [-0.4, -0.2) is 22.2 Å². The Balaban J connectivity index is 2.08. The largest absolute Gasteiger partial charge is 0.438 e. The van der Waals surface area contributed by atoms with E-state index in [1.54, 1.807) is 31.2 Å². The van der Waals surface area contributed by atoms with Crippen LogP contribution in [0.2, 0.25) is 0 Å². The monoisotopic (exact) mass is 376 g/mol. The number of aromatic nitrogens is 1. The minimum atomic E-state index is -4.58. The Morgan fingerprint density at radius 3 is 2.67 bits per heavy atom. The molecule has 0 radical (unpaired) electrons. The van der Waals surface area contributed by atoms with Crippen molar-refractivity contribution in [3.05, 3.63) is 71.8 Å². The lowest BCUT2D eigenvalue weighted by atomic mass is 10.1. The lowest BCUT2D eigenvalue weighted by molar-refractivity contribution is -0.0799. The van der Waals surface area contributed by atoms with E-state index >= 15 is 0 Å². The summed E-state index contributed by atoms with van der Waals surface area (Å²) < 4.78 is 43.4. The van der Waals surface area contributed by atoms with Crippen molar-refractivity contribution < 1.29 is 27.5 Å². The quantitative estimate of drug-likeness (QED) is 0.735. The molecule has 27 heavy (non-hydrogen) atoms.